The maximum Gasteiger partial charge on any atom is 0.311 e. The summed E-state index contributed by atoms with van der Waals surface area (Å²) in [6.07, 6.45) is 5.23. The predicted molar refractivity (Wildman–Crippen MR) is 89.5 cm³/mol. The molecule has 1 saturated carbocycles. The summed E-state index contributed by atoms with van der Waals surface area (Å²) < 4.78 is 1.37. The first-order chi connectivity index (χ1) is 11.9. The molecule has 0 unspecified atom stereocenters. The van der Waals surface area contributed by atoms with Crippen LogP contribution in [0, 0.1) is 18.3 Å². The fourth-order valence-corrected chi connectivity index (χ4v) is 4.29. The van der Waals surface area contributed by atoms with Crippen LogP contribution in [0.15, 0.2) is 29.3 Å². The summed E-state index contributed by atoms with van der Waals surface area (Å²) in [7, 11) is 0. The van der Waals surface area contributed by atoms with Crippen LogP contribution >= 0.6 is 0 Å². The largest absolute Gasteiger partial charge is 0.481 e. The molecular weight excluding hydrogens is 322 g/mol. The molecule has 1 saturated heterocycles. The van der Waals surface area contributed by atoms with E-state index in [4.69, 9.17) is 0 Å². The molecule has 0 spiro atoms. The van der Waals surface area contributed by atoms with Crippen LogP contribution in [0.25, 0.3) is 5.65 Å². The second-order valence-electron chi connectivity index (χ2n) is 7.15. The summed E-state index contributed by atoms with van der Waals surface area (Å²) >= 11 is 0. The summed E-state index contributed by atoms with van der Waals surface area (Å²) in [4.78, 5) is 43.1. The zero-order valence-corrected chi connectivity index (χ0v) is 13.9. The van der Waals surface area contributed by atoms with Gasteiger partial charge in [0, 0.05) is 25.5 Å². The second-order valence-corrected chi connectivity index (χ2v) is 7.15. The number of carboxylic acids is 1. The third-order valence-electron chi connectivity index (χ3n) is 5.66. The first kappa shape index (κ1) is 15.8. The van der Waals surface area contributed by atoms with Crippen molar-refractivity contribution in [2.24, 2.45) is 11.3 Å². The number of nitrogens with zero attached hydrogens (tertiary/aromatic N) is 3. The normalized spacial score (nSPS) is 25.3. The van der Waals surface area contributed by atoms with Gasteiger partial charge in [0.25, 0.3) is 11.5 Å². The van der Waals surface area contributed by atoms with Gasteiger partial charge in [-0.3, -0.25) is 18.8 Å². The van der Waals surface area contributed by atoms with E-state index in [1.54, 1.807) is 12.3 Å². The Hall–Kier alpha value is -2.70. The van der Waals surface area contributed by atoms with Gasteiger partial charge in [0.1, 0.15) is 11.2 Å². The minimum Gasteiger partial charge on any atom is -0.481 e. The molecule has 1 aliphatic heterocycles. The number of aliphatic carboxylic acids is 1. The third kappa shape index (κ3) is 2.26. The zero-order valence-electron chi connectivity index (χ0n) is 13.9. The van der Waals surface area contributed by atoms with Crippen LogP contribution in [0.4, 0.5) is 0 Å². The molecule has 25 heavy (non-hydrogen) atoms. The number of likely N-dealkylation sites (tertiary alicyclic amines) is 1. The summed E-state index contributed by atoms with van der Waals surface area (Å²) in [5.41, 5.74) is 0.0879. The minimum atomic E-state index is -0.854. The number of carboxylic acid groups (broad SMARTS) is 1. The van der Waals surface area contributed by atoms with Crippen molar-refractivity contribution in [1.29, 1.82) is 0 Å². The van der Waals surface area contributed by atoms with Crippen LogP contribution in [0.5, 0.6) is 0 Å². The SMILES string of the molecule is Cc1ccc2ncc(C(=O)N3C[C@@H]4CCC[C@@]4(C(=O)O)C3)c(=O)n2c1. The van der Waals surface area contributed by atoms with Gasteiger partial charge < -0.3 is 10.0 Å². The van der Waals surface area contributed by atoms with E-state index in [9.17, 15) is 19.5 Å². The Labute approximate surface area is 143 Å². The Morgan fingerprint density at radius 1 is 1.36 bits per heavy atom. The van der Waals surface area contributed by atoms with E-state index in [0.717, 1.165) is 18.4 Å². The first-order valence-corrected chi connectivity index (χ1v) is 8.43. The minimum absolute atomic E-state index is 0.0105. The van der Waals surface area contributed by atoms with E-state index in [1.807, 2.05) is 13.0 Å². The van der Waals surface area contributed by atoms with Gasteiger partial charge in [-0.15, -0.1) is 0 Å². The number of amides is 1. The van der Waals surface area contributed by atoms with Gasteiger partial charge in [0.2, 0.25) is 0 Å². The molecule has 130 valence electrons. The summed E-state index contributed by atoms with van der Waals surface area (Å²) in [5.74, 6) is -1.30. The van der Waals surface area contributed by atoms with E-state index >= 15 is 0 Å². The molecule has 1 aliphatic carbocycles. The van der Waals surface area contributed by atoms with Crippen LogP contribution in [0.3, 0.4) is 0 Å². The number of pyridine rings is 1. The molecule has 3 heterocycles. The van der Waals surface area contributed by atoms with Gasteiger partial charge >= 0.3 is 5.97 Å². The molecule has 2 aliphatic rings. The van der Waals surface area contributed by atoms with Crippen molar-refractivity contribution in [2.75, 3.05) is 13.1 Å². The topological polar surface area (TPSA) is 92.0 Å². The number of hydrogen-bond acceptors (Lipinski definition) is 4. The van der Waals surface area contributed by atoms with Crippen LogP contribution in [0.1, 0.15) is 35.2 Å². The number of carbonyl (C=O) groups is 2. The average molecular weight is 341 g/mol. The molecule has 1 amide bonds. The molecule has 0 radical (unpaired) electrons. The van der Waals surface area contributed by atoms with E-state index in [-0.39, 0.29) is 18.0 Å². The number of aromatic nitrogens is 2. The fraction of sp³-hybridized carbons (Fsp3) is 0.444. The Bertz CT molecular complexity index is 951. The fourth-order valence-electron chi connectivity index (χ4n) is 4.29. The highest BCUT2D eigenvalue weighted by molar-refractivity contribution is 5.94. The molecule has 7 heteroatoms. The number of carbonyl (C=O) groups excluding carboxylic acids is 1. The quantitative estimate of drug-likeness (QED) is 0.890. The Morgan fingerprint density at radius 3 is 2.88 bits per heavy atom. The van der Waals surface area contributed by atoms with Gasteiger partial charge in [-0.1, -0.05) is 12.5 Å². The molecule has 2 aromatic rings. The van der Waals surface area contributed by atoms with E-state index in [2.05, 4.69) is 4.98 Å². The Morgan fingerprint density at radius 2 is 2.16 bits per heavy atom. The van der Waals surface area contributed by atoms with Crippen molar-refractivity contribution < 1.29 is 14.7 Å². The second kappa shape index (κ2) is 5.40. The molecule has 2 atom stereocenters. The highest BCUT2D eigenvalue weighted by Gasteiger charge is 2.56. The van der Waals surface area contributed by atoms with Gasteiger partial charge in [0.15, 0.2) is 0 Å². The van der Waals surface area contributed by atoms with Gasteiger partial charge in [-0.2, -0.15) is 0 Å². The predicted octanol–water partition coefficient (Wildman–Crippen LogP) is 1.33. The van der Waals surface area contributed by atoms with E-state index < -0.39 is 22.9 Å². The number of aryl methyl sites for hydroxylation is 1. The summed E-state index contributed by atoms with van der Waals surface area (Å²) in [6, 6.07) is 3.58. The smallest absolute Gasteiger partial charge is 0.311 e. The molecule has 7 nitrogen and oxygen atoms in total. The van der Waals surface area contributed by atoms with Gasteiger partial charge in [-0.25, -0.2) is 4.98 Å². The van der Waals surface area contributed by atoms with Gasteiger partial charge in [0.05, 0.1) is 5.41 Å². The molecule has 0 bridgehead atoms. The lowest BCUT2D eigenvalue weighted by molar-refractivity contribution is -0.149. The number of fused-ring (bicyclic) bond motifs is 2. The number of rotatable bonds is 2. The summed E-state index contributed by atoms with van der Waals surface area (Å²) in [5, 5.41) is 9.65. The lowest BCUT2D eigenvalue weighted by atomic mass is 9.81. The Balaban J connectivity index is 1.71. The number of hydrogen-bond donors (Lipinski definition) is 1. The van der Waals surface area contributed by atoms with Crippen molar-refractivity contribution >= 4 is 17.5 Å². The van der Waals surface area contributed by atoms with Crippen molar-refractivity contribution in [1.82, 2.24) is 14.3 Å². The van der Waals surface area contributed by atoms with E-state index in [0.29, 0.717) is 18.6 Å². The van der Waals surface area contributed by atoms with Crippen LogP contribution in [-0.4, -0.2) is 44.4 Å². The maximum absolute atomic E-state index is 12.9. The van der Waals surface area contributed by atoms with Crippen LogP contribution in [0.2, 0.25) is 0 Å². The van der Waals surface area contributed by atoms with Gasteiger partial charge in [-0.05, 0) is 37.3 Å². The monoisotopic (exact) mass is 341 g/mol. The lowest BCUT2D eigenvalue weighted by Gasteiger charge is -2.23. The molecule has 2 aromatic heterocycles. The molecule has 2 fully saturated rings. The van der Waals surface area contributed by atoms with Crippen molar-refractivity contribution in [3.05, 3.63) is 46.0 Å². The van der Waals surface area contributed by atoms with Crippen molar-refractivity contribution in [2.45, 2.75) is 26.2 Å². The standard InChI is InChI=1S/C18H19N3O4/c1-11-4-5-14-19-7-13(16(23)21(14)8-11)15(22)20-9-12-3-2-6-18(12,10-20)17(24)25/h4-5,7-8,12H,2-3,6,9-10H2,1H3,(H,24,25)/t12-,18+/m0/s1. The van der Waals surface area contributed by atoms with Crippen LogP contribution < -0.4 is 5.56 Å². The van der Waals surface area contributed by atoms with Crippen molar-refractivity contribution in [3.63, 3.8) is 0 Å². The third-order valence-corrected chi connectivity index (χ3v) is 5.66. The zero-order chi connectivity index (χ0) is 17.8. The lowest BCUT2D eigenvalue weighted by Crippen LogP contribution is -2.39. The van der Waals surface area contributed by atoms with Crippen molar-refractivity contribution in [3.8, 4) is 0 Å². The molecular formula is C18H19N3O4. The van der Waals surface area contributed by atoms with E-state index in [1.165, 1.54) is 15.5 Å². The highest BCUT2D eigenvalue weighted by Crippen LogP contribution is 2.49. The molecule has 0 aromatic carbocycles. The highest BCUT2D eigenvalue weighted by atomic mass is 16.4. The molecule has 1 N–H and O–H groups in total. The van der Waals surface area contributed by atoms with Crippen LogP contribution in [-0.2, 0) is 4.79 Å². The average Bonchev–Trinajstić information content (AvgIpc) is 3.13. The first-order valence-electron chi connectivity index (χ1n) is 8.43. The Kier molecular flexibility index (Phi) is 3.42. The summed E-state index contributed by atoms with van der Waals surface area (Å²) in [6.45, 7) is 2.42. The molecule has 4 rings (SSSR count). The maximum atomic E-state index is 12.9.